The van der Waals surface area contributed by atoms with Crippen LogP contribution in [-0.4, -0.2) is 48.0 Å². The number of carbonyl (C=O) groups is 1. The number of fused-ring (bicyclic) bond motifs is 1. The van der Waals surface area contributed by atoms with E-state index in [1.54, 1.807) is 0 Å². The maximum atomic E-state index is 13.1. The average Bonchev–Trinajstić information content (AvgIpc) is 3.07. The van der Waals surface area contributed by atoms with Crippen LogP contribution < -0.4 is 4.74 Å². The van der Waals surface area contributed by atoms with E-state index in [-0.39, 0.29) is 11.5 Å². The quantitative estimate of drug-likeness (QED) is 0.794. The number of nitrogens with zero attached hydrogens (tertiary/aromatic N) is 2. The van der Waals surface area contributed by atoms with Crippen molar-refractivity contribution < 1.29 is 9.53 Å². The summed E-state index contributed by atoms with van der Waals surface area (Å²) >= 11 is 0. The Kier molecular flexibility index (Phi) is 4.25. The molecule has 4 heteroatoms. The molecule has 1 saturated carbocycles. The first-order valence-electron chi connectivity index (χ1n) is 9.39. The van der Waals surface area contributed by atoms with Gasteiger partial charge in [-0.05, 0) is 26.0 Å². The van der Waals surface area contributed by atoms with Crippen molar-refractivity contribution in [1.29, 1.82) is 0 Å². The normalized spacial score (nSPS) is 24.5. The van der Waals surface area contributed by atoms with Gasteiger partial charge in [0.15, 0.2) is 0 Å². The monoisotopic (exact) mass is 328 g/mol. The molecule has 24 heavy (non-hydrogen) atoms. The SMILES string of the molecule is CN1CCC2(CC1)CN(C(=O)C1CCCC1)Cc1ccccc1O2. The summed E-state index contributed by atoms with van der Waals surface area (Å²) in [5.74, 6) is 1.56. The number of likely N-dealkylation sites (tertiary alicyclic amines) is 1. The third kappa shape index (κ3) is 3.04. The molecule has 0 radical (unpaired) electrons. The highest BCUT2D eigenvalue weighted by molar-refractivity contribution is 5.79. The minimum absolute atomic E-state index is 0.215. The van der Waals surface area contributed by atoms with Crippen LogP contribution in [0.3, 0.4) is 0 Å². The second kappa shape index (κ2) is 6.40. The lowest BCUT2D eigenvalue weighted by atomic mass is 9.90. The van der Waals surface area contributed by atoms with Crippen LogP contribution in [0, 0.1) is 5.92 Å². The lowest BCUT2D eigenvalue weighted by Crippen LogP contribution is -2.54. The van der Waals surface area contributed by atoms with Gasteiger partial charge in [-0.3, -0.25) is 4.79 Å². The predicted octanol–water partition coefficient (Wildman–Crippen LogP) is 3.06. The van der Waals surface area contributed by atoms with Crippen molar-refractivity contribution in [2.75, 3.05) is 26.7 Å². The van der Waals surface area contributed by atoms with Crippen LogP contribution in [0.2, 0.25) is 0 Å². The molecule has 0 N–H and O–H groups in total. The Morgan fingerprint density at radius 1 is 1.17 bits per heavy atom. The Morgan fingerprint density at radius 3 is 2.62 bits per heavy atom. The van der Waals surface area contributed by atoms with E-state index in [0.29, 0.717) is 12.5 Å². The fourth-order valence-corrected chi connectivity index (χ4v) is 4.48. The van der Waals surface area contributed by atoms with E-state index in [4.69, 9.17) is 4.74 Å². The van der Waals surface area contributed by atoms with Crippen molar-refractivity contribution in [2.45, 2.75) is 50.7 Å². The summed E-state index contributed by atoms with van der Waals surface area (Å²) in [4.78, 5) is 17.6. The molecule has 1 spiro atoms. The van der Waals surface area contributed by atoms with E-state index in [1.165, 1.54) is 12.8 Å². The molecule has 0 bridgehead atoms. The molecule has 4 rings (SSSR count). The van der Waals surface area contributed by atoms with E-state index < -0.39 is 0 Å². The molecule has 1 aliphatic carbocycles. The van der Waals surface area contributed by atoms with Crippen molar-refractivity contribution in [2.24, 2.45) is 5.92 Å². The number of carbonyl (C=O) groups excluding carboxylic acids is 1. The summed E-state index contributed by atoms with van der Waals surface area (Å²) in [6.07, 6.45) is 6.51. The predicted molar refractivity (Wildman–Crippen MR) is 93.9 cm³/mol. The number of para-hydroxylation sites is 1. The Balaban J connectivity index is 1.63. The molecule has 3 aliphatic rings. The fraction of sp³-hybridized carbons (Fsp3) is 0.650. The maximum Gasteiger partial charge on any atom is 0.226 e. The number of piperidine rings is 1. The molecule has 1 amide bonds. The van der Waals surface area contributed by atoms with Crippen LogP contribution in [0.4, 0.5) is 0 Å². The molecule has 4 nitrogen and oxygen atoms in total. The molecule has 0 aromatic heterocycles. The number of rotatable bonds is 1. The topological polar surface area (TPSA) is 32.8 Å². The van der Waals surface area contributed by atoms with Crippen molar-refractivity contribution in [3.63, 3.8) is 0 Å². The van der Waals surface area contributed by atoms with Gasteiger partial charge in [-0.15, -0.1) is 0 Å². The largest absolute Gasteiger partial charge is 0.485 e. The minimum atomic E-state index is -0.215. The summed E-state index contributed by atoms with van der Waals surface area (Å²) in [7, 11) is 2.17. The molecular formula is C20H28N2O2. The van der Waals surface area contributed by atoms with Gasteiger partial charge in [0.05, 0.1) is 6.54 Å². The Bertz CT molecular complexity index is 601. The fourth-order valence-electron chi connectivity index (χ4n) is 4.48. The Morgan fingerprint density at radius 2 is 1.88 bits per heavy atom. The van der Waals surface area contributed by atoms with Gasteiger partial charge < -0.3 is 14.5 Å². The lowest BCUT2D eigenvalue weighted by molar-refractivity contribution is -0.139. The minimum Gasteiger partial charge on any atom is -0.485 e. The van der Waals surface area contributed by atoms with Gasteiger partial charge in [0, 0.05) is 44.0 Å². The molecule has 2 fully saturated rings. The number of amides is 1. The van der Waals surface area contributed by atoms with Gasteiger partial charge in [-0.25, -0.2) is 0 Å². The molecule has 0 unspecified atom stereocenters. The summed E-state index contributed by atoms with van der Waals surface area (Å²) in [6.45, 7) is 3.51. The summed E-state index contributed by atoms with van der Waals surface area (Å²) in [6, 6.07) is 8.26. The molecule has 0 atom stereocenters. The summed E-state index contributed by atoms with van der Waals surface area (Å²) < 4.78 is 6.56. The third-order valence-corrected chi connectivity index (χ3v) is 6.05. The van der Waals surface area contributed by atoms with Gasteiger partial charge in [0.25, 0.3) is 0 Å². The van der Waals surface area contributed by atoms with Crippen LogP contribution in [-0.2, 0) is 11.3 Å². The zero-order valence-electron chi connectivity index (χ0n) is 14.7. The number of ether oxygens (including phenoxy) is 1. The molecule has 1 saturated heterocycles. The van der Waals surface area contributed by atoms with Crippen LogP contribution in [0.5, 0.6) is 5.75 Å². The molecule has 2 aliphatic heterocycles. The van der Waals surface area contributed by atoms with Crippen molar-refractivity contribution in [3.05, 3.63) is 29.8 Å². The first-order chi connectivity index (χ1) is 11.7. The Labute approximate surface area is 144 Å². The van der Waals surface area contributed by atoms with E-state index in [0.717, 1.165) is 56.6 Å². The van der Waals surface area contributed by atoms with Gasteiger partial charge in [0.1, 0.15) is 11.4 Å². The van der Waals surface area contributed by atoms with E-state index in [2.05, 4.69) is 29.0 Å². The second-order valence-electron chi connectivity index (χ2n) is 7.87. The summed E-state index contributed by atoms with van der Waals surface area (Å²) in [5, 5.41) is 0. The molecule has 130 valence electrons. The number of benzene rings is 1. The molecule has 1 aromatic rings. The smallest absolute Gasteiger partial charge is 0.226 e. The lowest BCUT2D eigenvalue weighted by Gasteiger charge is -2.42. The average molecular weight is 328 g/mol. The highest BCUT2D eigenvalue weighted by atomic mass is 16.5. The van der Waals surface area contributed by atoms with Crippen LogP contribution >= 0.6 is 0 Å². The van der Waals surface area contributed by atoms with Gasteiger partial charge in [-0.2, -0.15) is 0 Å². The van der Waals surface area contributed by atoms with E-state index in [9.17, 15) is 4.79 Å². The van der Waals surface area contributed by atoms with Crippen molar-refractivity contribution >= 4 is 5.91 Å². The second-order valence-corrected chi connectivity index (χ2v) is 7.87. The van der Waals surface area contributed by atoms with Crippen LogP contribution in [0.25, 0.3) is 0 Å². The highest BCUT2D eigenvalue weighted by Crippen LogP contribution is 2.37. The highest BCUT2D eigenvalue weighted by Gasteiger charge is 2.42. The Hall–Kier alpha value is -1.55. The summed E-state index contributed by atoms with van der Waals surface area (Å²) in [5.41, 5.74) is 0.938. The van der Waals surface area contributed by atoms with Crippen molar-refractivity contribution in [1.82, 2.24) is 9.80 Å². The third-order valence-electron chi connectivity index (χ3n) is 6.05. The first-order valence-corrected chi connectivity index (χ1v) is 9.39. The van der Waals surface area contributed by atoms with E-state index in [1.807, 2.05) is 12.1 Å². The van der Waals surface area contributed by atoms with Crippen LogP contribution in [0.15, 0.2) is 24.3 Å². The molecular weight excluding hydrogens is 300 g/mol. The number of hydrogen-bond donors (Lipinski definition) is 0. The first kappa shape index (κ1) is 15.9. The molecule has 2 heterocycles. The van der Waals surface area contributed by atoms with Gasteiger partial charge in [-0.1, -0.05) is 31.0 Å². The number of hydrogen-bond acceptors (Lipinski definition) is 3. The standard InChI is InChI=1S/C20H28N2O2/c1-21-12-10-20(11-13-21)15-22(19(23)16-6-2-3-7-16)14-17-8-4-5-9-18(17)24-20/h4-5,8-9,16H,2-3,6-7,10-15H2,1H3. The van der Waals surface area contributed by atoms with Crippen LogP contribution in [0.1, 0.15) is 44.1 Å². The van der Waals surface area contributed by atoms with Gasteiger partial charge >= 0.3 is 0 Å². The zero-order chi connectivity index (χ0) is 16.6. The molecule has 1 aromatic carbocycles. The van der Waals surface area contributed by atoms with Gasteiger partial charge in [0.2, 0.25) is 5.91 Å². The van der Waals surface area contributed by atoms with Crippen molar-refractivity contribution in [3.8, 4) is 5.75 Å². The van der Waals surface area contributed by atoms with E-state index >= 15 is 0 Å². The maximum absolute atomic E-state index is 13.1. The zero-order valence-corrected chi connectivity index (χ0v) is 14.7.